The molecule has 7 heteroatoms. The third-order valence-corrected chi connectivity index (χ3v) is 3.72. The highest BCUT2D eigenvalue weighted by Gasteiger charge is 2.20. The fourth-order valence-electron chi connectivity index (χ4n) is 1.63. The number of hydrogen-bond acceptors (Lipinski definition) is 5. The Balaban J connectivity index is 3.21. The maximum atomic E-state index is 11.2. The number of nitrogens with two attached hydrogens (primary N) is 1. The lowest BCUT2D eigenvalue weighted by atomic mass is 10.1. The molecule has 0 spiro atoms. The van der Waals surface area contributed by atoms with E-state index in [1.807, 2.05) is 0 Å². The van der Waals surface area contributed by atoms with Crippen molar-refractivity contribution < 1.29 is 17.9 Å². The first kappa shape index (κ1) is 15.1. The number of methoxy groups -OCH3 is 2. The van der Waals surface area contributed by atoms with Gasteiger partial charge in [0.1, 0.15) is 26.4 Å². The van der Waals surface area contributed by atoms with Crippen molar-refractivity contribution in [3.05, 3.63) is 22.7 Å². The summed E-state index contributed by atoms with van der Waals surface area (Å²) in [5.41, 5.74) is 6.40. The van der Waals surface area contributed by atoms with Crippen LogP contribution in [0.2, 0.25) is 5.02 Å². The maximum absolute atomic E-state index is 11.2. The number of halogens is 1. The molecule has 0 radical (unpaired) electrons. The van der Waals surface area contributed by atoms with Crippen LogP contribution in [0.3, 0.4) is 0 Å². The van der Waals surface area contributed by atoms with Gasteiger partial charge in [-0.15, -0.1) is 0 Å². The molecule has 1 aromatic rings. The molecule has 18 heavy (non-hydrogen) atoms. The van der Waals surface area contributed by atoms with E-state index in [-0.39, 0.29) is 10.8 Å². The topological polar surface area (TPSA) is 78.6 Å². The first-order valence-corrected chi connectivity index (χ1v) is 7.57. The van der Waals surface area contributed by atoms with Gasteiger partial charge in [-0.25, -0.2) is 8.42 Å². The summed E-state index contributed by atoms with van der Waals surface area (Å²) in [5, 5.41) is 0.279. The third-order valence-electron chi connectivity index (χ3n) is 2.40. The van der Waals surface area contributed by atoms with Crippen molar-refractivity contribution in [2.75, 3.05) is 26.2 Å². The Morgan fingerprint density at radius 1 is 1.33 bits per heavy atom. The Morgan fingerprint density at radius 3 is 2.39 bits per heavy atom. The predicted molar refractivity (Wildman–Crippen MR) is 71.2 cm³/mol. The van der Waals surface area contributed by atoms with E-state index in [0.29, 0.717) is 17.1 Å². The molecule has 2 N–H and O–H groups in total. The van der Waals surface area contributed by atoms with Crippen molar-refractivity contribution >= 4 is 21.4 Å². The lowest BCUT2D eigenvalue weighted by Crippen LogP contribution is -2.21. The first-order chi connectivity index (χ1) is 8.30. The van der Waals surface area contributed by atoms with E-state index in [0.717, 1.165) is 6.26 Å². The van der Waals surface area contributed by atoms with Gasteiger partial charge in [-0.3, -0.25) is 0 Å². The molecule has 102 valence electrons. The van der Waals surface area contributed by atoms with Crippen molar-refractivity contribution in [3.8, 4) is 11.5 Å². The van der Waals surface area contributed by atoms with E-state index in [1.54, 1.807) is 12.1 Å². The van der Waals surface area contributed by atoms with E-state index in [1.165, 1.54) is 14.2 Å². The first-order valence-electron chi connectivity index (χ1n) is 5.13. The van der Waals surface area contributed by atoms with Gasteiger partial charge in [-0.1, -0.05) is 11.6 Å². The summed E-state index contributed by atoms with van der Waals surface area (Å²) in [6.45, 7) is 0. The average Bonchev–Trinajstić information content (AvgIpc) is 2.26. The second-order valence-electron chi connectivity index (χ2n) is 3.90. The SMILES string of the molecule is COc1ccc(C(N)CS(C)(=O)=O)c(OC)c1Cl. The smallest absolute Gasteiger partial charge is 0.149 e. The summed E-state index contributed by atoms with van der Waals surface area (Å²) < 4.78 is 32.7. The fraction of sp³-hybridized carbons (Fsp3) is 0.455. The van der Waals surface area contributed by atoms with E-state index in [9.17, 15) is 8.42 Å². The van der Waals surface area contributed by atoms with Gasteiger partial charge in [-0.2, -0.15) is 0 Å². The number of hydrogen-bond donors (Lipinski definition) is 1. The molecule has 0 aromatic heterocycles. The summed E-state index contributed by atoms with van der Waals surface area (Å²) in [4.78, 5) is 0. The van der Waals surface area contributed by atoms with Crippen LogP contribution in [-0.2, 0) is 9.84 Å². The summed E-state index contributed by atoms with van der Waals surface area (Å²) in [7, 11) is -0.255. The second kappa shape index (κ2) is 5.77. The van der Waals surface area contributed by atoms with E-state index < -0.39 is 15.9 Å². The zero-order chi connectivity index (χ0) is 13.9. The van der Waals surface area contributed by atoms with Gasteiger partial charge >= 0.3 is 0 Å². The summed E-state index contributed by atoms with van der Waals surface area (Å²) in [5.74, 6) is 0.613. The predicted octanol–water partition coefficient (Wildman–Crippen LogP) is 1.40. The summed E-state index contributed by atoms with van der Waals surface area (Å²) >= 11 is 6.07. The van der Waals surface area contributed by atoms with Gasteiger partial charge in [0.05, 0.1) is 20.0 Å². The zero-order valence-corrected chi connectivity index (χ0v) is 12.0. The van der Waals surface area contributed by atoms with Gasteiger partial charge in [-0.05, 0) is 12.1 Å². The van der Waals surface area contributed by atoms with Gasteiger partial charge in [0.2, 0.25) is 0 Å². The quantitative estimate of drug-likeness (QED) is 0.888. The van der Waals surface area contributed by atoms with Crippen molar-refractivity contribution in [2.24, 2.45) is 5.73 Å². The Bertz CT molecular complexity index is 530. The van der Waals surface area contributed by atoms with Crippen LogP contribution in [0.5, 0.6) is 11.5 Å². The van der Waals surface area contributed by atoms with E-state index in [4.69, 9.17) is 26.8 Å². The van der Waals surface area contributed by atoms with Crippen molar-refractivity contribution in [3.63, 3.8) is 0 Å². The molecule has 5 nitrogen and oxygen atoms in total. The molecule has 1 aromatic carbocycles. The van der Waals surface area contributed by atoms with Crippen molar-refractivity contribution in [1.82, 2.24) is 0 Å². The number of rotatable bonds is 5. The zero-order valence-electron chi connectivity index (χ0n) is 10.4. The molecule has 0 fully saturated rings. The fourth-order valence-corrected chi connectivity index (χ4v) is 2.78. The van der Waals surface area contributed by atoms with E-state index >= 15 is 0 Å². The van der Waals surface area contributed by atoms with Gasteiger partial charge in [0.15, 0.2) is 0 Å². The molecule has 0 aliphatic rings. The molecule has 1 unspecified atom stereocenters. The lowest BCUT2D eigenvalue weighted by molar-refractivity contribution is 0.389. The molecule has 1 rings (SSSR count). The Morgan fingerprint density at radius 2 is 1.94 bits per heavy atom. The Hall–Kier alpha value is -0.980. The third kappa shape index (κ3) is 3.51. The van der Waals surface area contributed by atoms with Crippen molar-refractivity contribution in [1.29, 1.82) is 0 Å². The molecule has 0 heterocycles. The lowest BCUT2D eigenvalue weighted by Gasteiger charge is -2.17. The standard InChI is InChI=1S/C11H16ClNO4S/c1-16-9-5-4-7(11(17-2)10(9)12)8(13)6-18(3,14)15/h4-5,8H,6,13H2,1-3H3. The van der Waals surface area contributed by atoms with Crippen LogP contribution in [-0.4, -0.2) is 34.6 Å². The van der Waals surface area contributed by atoms with Crippen LogP contribution < -0.4 is 15.2 Å². The highest BCUT2D eigenvalue weighted by molar-refractivity contribution is 7.90. The molecule has 0 aliphatic heterocycles. The minimum atomic E-state index is -3.18. The molecule has 0 aliphatic carbocycles. The summed E-state index contributed by atoms with van der Waals surface area (Å²) in [6.07, 6.45) is 1.13. The molecular formula is C11H16ClNO4S. The number of ether oxygens (including phenoxy) is 2. The van der Waals surface area contributed by atoms with Crippen LogP contribution in [0.15, 0.2) is 12.1 Å². The van der Waals surface area contributed by atoms with Gasteiger partial charge in [0.25, 0.3) is 0 Å². The Labute approximate surface area is 112 Å². The van der Waals surface area contributed by atoms with Crippen LogP contribution >= 0.6 is 11.6 Å². The minimum Gasteiger partial charge on any atom is -0.495 e. The summed E-state index contributed by atoms with van der Waals surface area (Å²) in [6, 6.07) is 2.58. The molecule has 0 bridgehead atoms. The highest BCUT2D eigenvalue weighted by Crippen LogP contribution is 2.39. The normalized spacial score (nSPS) is 13.2. The molecule has 0 saturated heterocycles. The minimum absolute atomic E-state index is 0.175. The van der Waals surface area contributed by atoms with Gasteiger partial charge in [0, 0.05) is 17.9 Å². The van der Waals surface area contributed by atoms with Gasteiger partial charge < -0.3 is 15.2 Å². The largest absolute Gasteiger partial charge is 0.495 e. The Kier molecular flexibility index (Phi) is 4.84. The van der Waals surface area contributed by atoms with E-state index in [2.05, 4.69) is 0 Å². The van der Waals surface area contributed by atoms with Crippen LogP contribution in [0.4, 0.5) is 0 Å². The maximum Gasteiger partial charge on any atom is 0.149 e. The molecule has 0 amide bonds. The highest BCUT2D eigenvalue weighted by atomic mass is 35.5. The monoisotopic (exact) mass is 293 g/mol. The molecule has 0 saturated carbocycles. The number of sulfone groups is 1. The second-order valence-corrected chi connectivity index (χ2v) is 6.47. The molecular weight excluding hydrogens is 278 g/mol. The van der Waals surface area contributed by atoms with Crippen LogP contribution in [0.1, 0.15) is 11.6 Å². The van der Waals surface area contributed by atoms with Crippen LogP contribution in [0.25, 0.3) is 0 Å². The molecule has 1 atom stereocenters. The average molecular weight is 294 g/mol. The van der Waals surface area contributed by atoms with Crippen LogP contribution in [0, 0.1) is 0 Å². The van der Waals surface area contributed by atoms with Crippen molar-refractivity contribution in [2.45, 2.75) is 6.04 Å². The number of benzene rings is 1.